The molecule has 10 heteroatoms. The molecule has 6 nitrogen and oxygen atoms in total. The van der Waals surface area contributed by atoms with E-state index in [9.17, 15) is 26.4 Å². The second kappa shape index (κ2) is 8.42. The van der Waals surface area contributed by atoms with Gasteiger partial charge < -0.3 is 5.32 Å². The highest BCUT2D eigenvalue weighted by molar-refractivity contribution is 7.91. The Morgan fingerprint density at radius 2 is 1.88 bits per heavy atom. The Morgan fingerprint density at radius 3 is 2.59 bits per heavy atom. The number of hydrogen-bond acceptors (Lipinski definition) is 4. The fourth-order valence-corrected chi connectivity index (χ4v) is 5.03. The molecule has 2 aromatic carbocycles. The number of aromatic nitrogens is 2. The van der Waals surface area contributed by atoms with E-state index in [-0.39, 0.29) is 10.6 Å². The van der Waals surface area contributed by atoms with Crippen LogP contribution < -0.4 is 5.32 Å². The van der Waals surface area contributed by atoms with Crippen molar-refractivity contribution in [3.63, 3.8) is 0 Å². The van der Waals surface area contributed by atoms with Crippen LogP contribution >= 0.6 is 0 Å². The molecule has 0 saturated heterocycles. The van der Waals surface area contributed by atoms with Gasteiger partial charge in [0.15, 0.2) is 9.84 Å². The van der Waals surface area contributed by atoms with Crippen molar-refractivity contribution in [1.29, 1.82) is 0 Å². The number of rotatable bonds is 6. The van der Waals surface area contributed by atoms with Gasteiger partial charge in [0, 0.05) is 18.8 Å². The van der Waals surface area contributed by atoms with Crippen LogP contribution in [0.5, 0.6) is 0 Å². The van der Waals surface area contributed by atoms with Crippen LogP contribution in [0.2, 0.25) is 0 Å². The molecule has 1 amide bonds. The van der Waals surface area contributed by atoms with E-state index >= 15 is 0 Å². The first-order valence-corrected chi connectivity index (χ1v) is 11.6. The number of carbonyl (C=O) groups is 1. The minimum Gasteiger partial charge on any atom is -0.325 e. The van der Waals surface area contributed by atoms with Crippen molar-refractivity contribution in [2.24, 2.45) is 0 Å². The van der Waals surface area contributed by atoms with Crippen LogP contribution in [0, 0.1) is 0 Å². The molecule has 0 radical (unpaired) electrons. The fourth-order valence-electron chi connectivity index (χ4n) is 3.74. The maximum Gasteiger partial charge on any atom is 0.418 e. The van der Waals surface area contributed by atoms with Gasteiger partial charge >= 0.3 is 6.18 Å². The average molecular weight is 463 g/mol. The summed E-state index contributed by atoms with van der Waals surface area (Å²) < 4.78 is 67.2. The lowest BCUT2D eigenvalue weighted by atomic mass is 10.1. The first kappa shape index (κ1) is 22.1. The summed E-state index contributed by atoms with van der Waals surface area (Å²) in [7, 11) is -3.74. The topological polar surface area (TPSA) is 81.1 Å². The lowest BCUT2D eigenvalue weighted by molar-refractivity contribution is -0.137. The van der Waals surface area contributed by atoms with Crippen LogP contribution in [0.25, 0.3) is 5.69 Å². The highest BCUT2D eigenvalue weighted by Crippen LogP contribution is 2.36. The molecule has 1 aliphatic rings. The van der Waals surface area contributed by atoms with Gasteiger partial charge in [0.1, 0.15) is 0 Å². The summed E-state index contributed by atoms with van der Waals surface area (Å²) in [4.78, 5) is 12.4. The van der Waals surface area contributed by atoms with Gasteiger partial charge in [0.25, 0.3) is 0 Å². The molecule has 0 unspecified atom stereocenters. The highest BCUT2D eigenvalue weighted by atomic mass is 32.2. The molecule has 1 aromatic heterocycles. The summed E-state index contributed by atoms with van der Waals surface area (Å²) >= 11 is 0. The second-order valence-electron chi connectivity index (χ2n) is 7.58. The summed E-state index contributed by atoms with van der Waals surface area (Å²) in [6, 6.07) is 9.91. The van der Waals surface area contributed by atoms with E-state index in [2.05, 4.69) is 10.4 Å². The molecule has 0 bridgehead atoms. The SMILES string of the molecule is O=C(CCS(=O)(=O)c1ccc2c(c1)CCC2)Nc1ccc(-n2cccn2)cc1C(F)(F)F. The third-order valence-electron chi connectivity index (χ3n) is 5.38. The summed E-state index contributed by atoms with van der Waals surface area (Å²) in [6.07, 6.45) is 0.455. The minimum atomic E-state index is -4.72. The first-order chi connectivity index (χ1) is 15.1. The Kier molecular flexibility index (Phi) is 5.81. The average Bonchev–Trinajstić information content (AvgIpc) is 3.43. The number of sulfone groups is 1. The maximum atomic E-state index is 13.5. The molecule has 1 N–H and O–H groups in total. The molecule has 168 valence electrons. The van der Waals surface area contributed by atoms with Crippen LogP contribution in [0.4, 0.5) is 18.9 Å². The van der Waals surface area contributed by atoms with Crippen molar-refractivity contribution in [2.45, 2.75) is 36.8 Å². The third-order valence-corrected chi connectivity index (χ3v) is 7.09. The van der Waals surface area contributed by atoms with Gasteiger partial charge in [-0.3, -0.25) is 4.79 Å². The number of aryl methyl sites for hydroxylation is 2. The molecule has 1 aliphatic carbocycles. The molecule has 0 aliphatic heterocycles. The zero-order valence-corrected chi connectivity index (χ0v) is 17.7. The van der Waals surface area contributed by atoms with Gasteiger partial charge in [-0.05, 0) is 66.8 Å². The number of hydrogen-bond donors (Lipinski definition) is 1. The molecular weight excluding hydrogens is 443 g/mol. The number of nitrogens with one attached hydrogen (secondary N) is 1. The Labute approximate surface area is 183 Å². The van der Waals surface area contributed by atoms with E-state index < -0.39 is 45.3 Å². The maximum absolute atomic E-state index is 13.5. The summed E-state index contributed by atoms with van der Waals surface area (Å²) in [6.45, 7) is 0. The van der Waals surface area contributed by atoms with Crippen molar-refractivity contribution in [2.75, 3.05) is 11.1 Å². The summed E-state index contributed by atoms with van der Waals surface area (Å²) in [5, 5.41) is 6.10. The molecular formula is C22H20F3N3O3S. The number of benzene rings is 2. The van der Waals surface area contributed by atoms with Gasteiger partial charge in [-0.25, -0.2) is 13.1 Å². The number of carbonyl (C=O) groups excluding carboxylic acids is 1. The van der Waals surface area contributed by atoms with Gasteiger partial charge in [0.2, 0.25) is 5.91 Å². The Balaban J connectivity index is 1.48. The normalized spacial score (nSPS) is 13.7. The number of alkyl halides is 3. The van der Waals surface area contributed by atoms with Crippen molar-refractivity contribution in [1.82, 2.24) is 9.78 Å². The second-order valence-corrected chi connectivity index (χ2v) is 9.69. The van der Waals surface area contributed by atoms with Crippen LogP contribution in [0.15, 0.2) is 59.8 Å². The predicted molar refractivity (Wildman–Crippen MR) is 112 cm³/mol. The van der Waals surface area contributed by atoms with E-state index in [1.165, 1.54) is 29.2 Å². The number of anilines is 1. The number of nitrogens with zero attached hydrogens (tertiary/aromatic N) is 2. The standard InChI is InChI=1S/C22H20F3N3O3S/c23-22(24,25)19-14-17(28-11-2-10-26-28)6-8-20(19)27-21(29)9-12-32(30,31)18-7-5-15-3-1-4-16(15)13-18/h2,5-8,10-11,13-14H,1,3-4,9,12H2,(H,27,29). The molecule has 3 aromatic rings. The number of halogens is 3. The lowest BCUT2D eigenvalue weighted by Gasteiger charge is -2.15. The zero-order valence-electron chi connectivity index (χ0n) is 16.9. The van der Waals surface area contributed by atoms with Crippen molar-refractivity contribution >= 4 is 21.4 Å². The minimum absolute atomic E-state index is 0.130. The van der Waals surface area contributed by atoms with E-state index in [1.54, 1.807) is 18.2 Å². The quantitative estimate of drug-likeness (QED) is 0.595. The third kappa shape index (κ3) is 4.69. The van der Waals surface area contributed by atoms with E-state index in [0.29, 0.717) is 0 Å². The van der Waals surface area contributed by atoms with E-state index in [1.807, 2.05) is 0 Å². The molecule has 0 atom stereocenters. The van der Waals surface area contributed by atoms with Crippen molar-refractivity contribution < 1.29 is 26.4 Å². The van der Waals surface area contributed by atoms with Crippen molar-refractivity contribution in [3.8, 4) is 5.69 Å². The van der Waals surface area contributed by atoms with E-state index in [0.717, 1.165) is 42.5 Å². The Bertz CT molecular complexity index is 1250. The lowest BCUT2D eigenvalue weighted by Crippen LogP contribution is -2.20. The first-order valence-electron chi connectivity index (χ1n) is 9.99. The number of fused-ring (bicyclic) bond motifs is 1. The largest absolute Gasteiger partial charge is 0.418 e. The zero-order chi connectivity index (χ0) is 22.9. The van der Waals surface area contributed by atoms with Crippen LogP contribution in [0.3, 0.4) is 0 Å². The van der Waals surface area contributed by atoms with E-state index in [4.69, 9.17) is 0 Å². The predicted octanol–water partition coefficient (Wildman–Crippen LogP) is 4.18. The highest BCUT2D eigenvalue weighted by Gasteiger charge is 2.34. The summed E-state index contributed by atoms with van der Waals surface area (Å²) in [5.74, 6) is -1.31. The molecule has 32 heavy (non-hydrogen) atoms. The summed E-state index contributed by atoms with van der Waals surface area (Å²) in [5.41, 5.74) is 0.815. The Hall–Kier alpha value is -3.14. The van der Waals surface area contributed by atoms with Gasteiger partial charge in [-0.1, -0.05) is 6.07 Å². The smallest absolute Gasteiger partial charge is 0.325 e. The van der Waals surface area contributed by atoms with Crippen LogP contribution in [-0.4, -0.2) is 29.9 Å². The number of amides is 1. The fraction of sp³-hybridized carbons (Fsp3) is 0.273. The molecule has 1 heterocycles. The Morgan fingerprint density at radius 1 is 1.09 bits per heavy atom. The van der Waals surface area contributed by atoms with Crippen molar-refractivity contribution in [3.05, 3.63) is 71.5 Å². The molecule has 0 saturated carbocycles. The van der Waals surface area contributed by atoms with Crippen LogP contribution in [-0.2, 0) is 33.6 Å². The van der Waals surface area contributed by atoms with Gasteiger partial charge in [-0.15, -0.1) is 0 Å². The molecule has 0 fully saturated rings. The van der Waals surface area contributed by atoms with Gasteiger partial charge in [0.05, 0.1) is 27.6 Å². The van der Waals surface area contributed by atoms with Gasteiger partial charge in [-0.2, -0.15) is 18.3 Å². The molecule has 4 rings (SSSR count). The molecule has 0 spiro atoms. The monoisotopic (exact) mass is 463 g/mol. The van der Waals surface area contributed by atoms with Crippen LogP contribution in [0.1, 0.15) is 29.5 Å².